The maximum absolute atomic E-state index is 13.2. The lowest BCUT2D eigenvalue weighted by Gasteiger charge is -2.31. The number of ether oxygens (including phenoxy) is 2. The predicted octanol–water partition coefficient (Wildman–Crippen LogP) is 4.77. The Kier molecular flexibility index (Phi) is 9.18. The molecule has 1 unspecified atom stereocenters. The summed E-state index contributed by atoms with van der Waals surface area (Å²) in [5.74, 6) is -0.679. The molecule has 2 fully saturated rings. The molecule has 192 valence electrons. The molecule has 2 saturated heterocycles. The first-order valence-corrected chi connectivity index (χ1v) is 13.4. The summed E-state index contributed by atoms with van der Waals surface area (Å²) in [6.07, 6.45) is 3.24. The molecule has 1 atom stereocenters. The Morgan fingerprint density at radius 3 is 2.39 bits per heavy atom. The highest BCUT2D eigenvalue weighted by atomic mass is 79.9. The van der Waals surface area contributed by atoms with Crippen LogP contribution in [0.3, 0.4) is 0 Å². The van der Waals surface area contributed by atoms with Crippen LogP contribution >= 0.6 is 15.9 Å². The molecule has 0 aliphatic carbocycles. The van der Waals surface area contributed by atoms with Crippen LogP contribution in [0, 0.1) is 0 Å². The fourth-order valence-corrected chi connectivity index (χ4v) is 4.85. The van der Waals surface area contributed by atoms with E-state index >= 15 is 0 Å². The second-order valence-electron chi connectivity index (χ2n) is 9.08. The number of likely N-dealkylation sites (tertiary alicyclic amines) is 1. The SMILES string of the molecule is CCCCCOc1ccc(C2/C(=C(\O)c3ccc(Br)cc3)C(=O)C(=O)N2CCN2CCOCC2)cc1. The zero-order valence-electron chi connectivity index (χ0n) is 20.6. The molecule has 2 aliphatic rings. The number of hydrogen-bond acceptors (Lipinski definition) is 6. The summed E-state index contributed by atoms with van der Waals surface area (Å²) >= 11 is 3.40. The van der Waals surface area contributed by atoms with Crippen LogP contribution in [0.5, 0.6) is 5.75 Å². The number of nitrogens with zero attached hydrogens (tertiary/aromatic N) is 2. The summed E-state index contributed by atoms with van der Waals surface area (Å²) in [7, 11) is 0. The number of unbranched alkanes of at least 4 members (excludes halogenated alkanes) is 2. The molecular formula is C28H33BrN2O5. The van der Waals surface area contributed by atoms with E-state index in [-0.39, 0.29) is 11.3 Å². The van der Waals surface area contributed by atoms with Gasteiger partial charge in [-0.3, -0.25) is 14.5 Å². The average molecular weight is 557 g/mol. The van der Waals surface area contributed by atoms with E-state index in [0.717, 1.165) is 48.1 Å². The lowest BCUT2D eigenvalue weighted by Crippen LogP contribution is -2.42. The van der Waals surface area contributed by atoms with E-state index in [4.69, 9.17) is 9.47 Å². The van der Waals surface area contributed by atoms with Crippen LogP contribution in [0.4, 0.5) is 0 Å². The van der Waals surface area contributed by atoms with Crippen molar-refractivity contribution in [3.8, 4) is 5.75 Å². The van der Waals surface area contributed by atoms with Crippen molar-refractivity contribution in [2.45, 2.75) is 32.2 Å². The number of benzene rings is 2. The zero-order valence-corrected chi connectivity index (χ0v) is 22.2. The van der Waals surface area contributed by atoms with Crippen LogP contribution in [0.25, 0.3) is 5.76 Å². The van der Waals surface area contributed by atoms with Crippen LogP contribution in [-0.4, -0.2) is 72.6 Å². The predicted molar refractivity (Wildman–Crippen MR) is 142 cm³/mol. The Hall–Kier alpha value is -2.68. The molecule has 2 heterocycles. The molecule has 7 nitrogen and oxygen atoms in total. The quantitative estimate of drug-likeness (QED) is 0.196. The van der Waals surface area contributed by atoms with Gasteiger partial charge in [-0.2, -0.15) is 0 Å². The molecule has 2 aliphatic heterocycles. The second-order valence-corrected chi connectivity index (χ2v) is 9.99. The van der Waals surface area contributed by atoms with E-state index in [1.54, 1.807) is 29.2 Å². The van der Waals surface area contributed by atoms with E-state index < -0.39 is 17.7 Å². The number of ketones is 1. The highest BCUT2D eigenvalue weighted by molar-refractivity contribution is 9.10. The number of halogens is 1. The van der Waals surface area contributed by atoms with Gasteiger partial charge in [-0.1, -0.05) is 60.0 Å². The third kappa shape index (κ3) is 6.17. The molecule has 0 radical (unpaired) electrons. The zero-order chi connectivity index (χ0) is 25.5. The molecule has 0 aromatic heterocycles. The molecule has 2 aromatic rings. The van der Waals surface area contributed by atoms with Crippen LogP contribution < -0.4 is 4.74 Å². The first-order valence-electron chi connectivity index (χ1n) is 12.6. The number of aliphatic hydroxyl groups is 1. The van der Waals surface area contributed by atoms with Gasteiger partial charge in [-0.05, 0) is 36.2 Å². The van der Waals surface area contributed by atoms with Gasteiger partial charge in [0.1, 0.15) is 11.5 Å². The summed E-state index contributed by atoms with van der Waals surface area (Å²) in [5, 5.41) is 11.2. The molecule has 0 saturated carbocycles. The molecule has 0 spiro atoms. The van der Waals surface area contributed by atoms with Gasteiger partial charge in [0, 0.05) is 36.2 Å². The topological polar surface area (TPSA) is 79.3 Å². The van der Waals surface area contributed by atoms with Gasteiger partial charge in [0.15, 0.2) is 0 Å². The van der Waals surface area contributed by atoms with Gasteiger partial charge in [-0.15, -0.1) is 0 Å². The Bertz CT molecular complexity index is 1080. The van der Waals surface area contributed by atoms with Crippen molar-refractivity contribution in [3.63, 3.8) is 0 Å². The summed E-state index contributed by atoms with van der Waals surface area (Å²) in [6, 6.07) is 13.8. The fraction of sp³-hybridized carbons (Fsp3) is 0.429. The van der Waals surface area contributed by atoms with Crippen molar-refractivity contribution in [2.75, 3.05) is 46.0 Å². The van der Waals surface area contributed by atoms with Crippen molar-refractivity contribution >= 4 is 33.4 Å². The molecule has 36 heavy (non-hydrogen) atoms. The largest absolute Gasteiger partial charge is 0.507 e. The Morgan fingerprint density at radius 2 is 1.72 bits per heavy atom. The normalized spacial score (nSPS) is 20.2. The molecule has 1 amide bonds. The summed E-state index contributed by atoms with van der Waals surface area (Å²) < 4.78 is 12.1. The number of aliphatic hydroxyl groups excluding tert-OH is 1. The van der Waals surface area contributed by atoms with E-state index in [0.29, 0.717) is 38.5 Å². The second kappa shape index (κ2) is 12.5. The summed E-state index contributed by atoms with van der Waals surface area (Å²) in [4.78, 5) is 30.2. The molecule has 4 rings (SSSR count). The van der Waals surface area contributed by atoms with Crippen molar-refractivity contribution in [1.82, 2.24) is 9.80 Å². The van der Waals surface area contributed by atoms with E-state index in [1.807, 2.05) is 24.3 Å². The van der Waals surface area contributed by atoms with Gasteiger partial charge in [-0.25, -0.2) is 0 Å². The number of carbonyl (C=O) groups is 2. The monoisotopic (exact) mass is 556 g/mol. The van der Waals surface area contributed by atoms with Gasteiger partial charge >= 0.3 is 0 Å². The third-order valence-corrected chi connectivity index (χ3v) is 7.16. The molecule has 0 bridgehead atoms. The number of rotatable bonds is 10. The van der Waals surface area contributed by atoms with Crippen molar-refractivity contribution in [3.05, 3.63) is 69.7 Å². The first kappa shape index (κ1) is 26.4. The highest BCUT2D eigenvalue weighted by Crippen LogP contribution is 2.39. The molecular weight excluding hydrogens is 524 g/mol. The summed E-state index contributed by atoms with van der Waals surface area (Å²) in [5.41, 5.74) is 1.36. The minimum atomic E-state index is -0.677. The summed E-state index contributed by atoms with van der Waals surface area (Å²) in [6.45, 7) is 6.70. The maximum atomic E-state index is 13.2. The van der Waals surface area contributed by atoms with Gasteiger partial charge in [0.2, 0.25) is 0 Å². The van der Waals surface area contributed by atoms with Crippen LogP contribution in [-0.2, 0) is 14.3 Å². The minimum absolute atomic E-state index is 0.112. The minimum Gasteiger partial charge on any atom is -0.507 e. The maximum Gasteiger partial charge on any atom is 0.295 e. The number of carbonyl (C=O) groups excluding carboxylic acids is 2. The van der Waals surface area contributed by atoms with Crippen LogP contribution in [0.1, 0.15) is 43.4 Å². The van der Waals surface area contributed by atoms with Gasteiger partial charge in [0.05, 0.1) is 31.4 Å². The molecule has 2 aromatic carbocycles. The Morgan fingerprint density at radius 1 is 1.03 bits per heavy atom. The molecule has 1 N–H and O–H groups in total. The van der Waals surface area contributed by atoms with Crippen molar-refractivity contribution in [1.29, 1.82) is 0 Å². The van der Waals surface area contributed by atoms with Crippen molar-refractivity contribution in [2.24, 2.45) is 0 Å². The van der Waals surface area contributed by atoms with Crippen LogP contribution in [0.15, 0.2) is 58.6 Å². The highest BCUT2D eigenvalue weighted by Gasteiger charge is 2.46. The van der Waals surface area contributed by atoms with E-state index in [9.17, 15) is 14.7 Å². The number of hydrogen-bond donors (Lipinski definition) is 1. The number of Topliss-reactive ketones (excluding diaryl/α,β-unsaturated/α-hetero) is 1. The lowest BCUT2D eigenvalue weighted by molar-refractivity contribution is -0.140. The first-order chi connectivity index (χ1) is 17.5. The van der Waals surface area contributed by atoms with Gasteiger partial charge < -0.3 is 19.5 Å². The van der Waals surface area contributed by atoms with Crippen LogP contribution in [0.2, 0.25) is 0 Å². The van der Waals surface area contributed by atoms with Crippen molar-refractivity contribution < 1.29 is 24.2 Å². The van der Waals surface area contributed by atoms with E-state index in [1.165, 1.54) is 0 Å². The Balaban J connectivity index is 1.64. The van der Waals surface area contributed by atoms with Gasteiger partial charge in [0.25, 0.3) is 11.7 Å². The number of amides is 1. The molecule has 8 heteroatoms. The smallest absolute Gasteiger partial charge is 0.295 e. The average Bonchev–Trinajstić information content (AvgIpc) is 3.16. The Labute approximate surface area is 220 Å². The fourth-order valence-electron chi connectivity index (χ4n) is 4.58. The van der Waals surface area contributed by atoms with E-state index in [2.05, 4.69) is 27.8 Å². The standard InChI is InChI=1S/C28H33BrN2O5/c1-2-3-4-17-36-23-11-7-20(8-12-23)25-24(26(32)21-5-9-22(29)10-6-21)27(33)28(34)31(25)14-13-30-15-18-35-19-16-30/h5-12,25,32H,2-4,13-19H2,1H3/b26-24+. The lowest BCUT2D eigenvalue weighted by atomic mass is 9.95. The third-order valence-electron chi connectivity index (χ3n) is 6.63. The number of morpholine rings is 1.